The van der Waals surface area contributed by atoms with Crippen LogP contribution in [0, 0.1) is 0 Å². The zero-order valence-electron chi connectivity index (χ0n) is 13.5. The molecule has 2 atom stereocenters. The van der Waals surface area contributed by atoms with Gasteiger partial charge in [-0.3, -0.25) is 0 Å². The van der Waals surface area contributed by atoms with Crippen molar-refractivity contribution in [1.29, 1.82) is 0 Å². The van der Waals surface area contributed by atoms with E-state index in [9.17, 15) is 0 Å². The van der Waals surface area contributed by atoms with E-state index in [0.717, 1.165) is 44.8 Å². The summed E-state index contributed by atoms with van der Waals surface area (Å²) in [6, 6.07) is 8.76. The Labute approximate surface area is 128 Å². The molecule has 0 radical (unpaired) electrons. The summed E-state index contributed by atoms with van der Waals surface area (Å²) < 4.78 is 11.2. The summed E-state index contributed by atoms with van der Waals surface area (Å²) in [5.74, 6) is 0.984. The van der Waals surface area contributed by atoms with E-state index in [-0.39, 0.29) is 0 Å². The third-order valence-corrected chi connectivity index (χ3v) is 4.27. The first kappa shape index (κ1) is 16.3. The van der Waals surface area contributed by atoms with Gasteiger partial charge in [-0.15, -0.1) is 0 Å². The molecule has 0 bridgehead atoms. The van der Waals surface area contributed by atoms with Gasteiger partial charge < -0.3 is 19.7 Å². The maximum absolute atomic E-state index is 5.75. The Kier molecular flexibility index (Phi) is 6.49. The van der Waals surface area contributed by atoms with Gasteiger partial charge in [0, 0.05) is 25.7 Å². The van der Waals surface area contributed by atoms with E-state index in [0.29, 0.717) is 12.1 Å². The summed E-state index contributed by atoms with van der Waals surface area (Å²) in [6.07, 6.45) is 2.45. The van der Waals surface area contributed by atoms with E-state index >= 15 is 0 Å². The topological polar surface area (TPSA) is 33.7 Å². The first-order valence-electron chi connectivity index (χ1n) is 7.85. The lowest BCUT2D eigenvalue weighted by Gasteiger charge is -2.29. The third-order valence-electron chi connectivity index (χ3n) is 4.27. The molecule has 1 fully saturated rings. The van der Waals surface area contributed by atoms with Gasteiger partial charge in [-0.05, 0) is 38.4 Å². The summed E-state index contributed by atoms with van der Waals surface area (Å²) in [5, 5.41) is 3.38. The highest BCUT2D eigenvalue weighted by Gasteiger charge is 2.17. The predicted octanol–water partition coefficient (Wildman–Crippen LogP) is 1.94. The molecule has 21 heavy (non-hydrogen) atoms. The molecular weight excluding hydrogens is 264 g/mol. The van der Waals surface area contributed by atoms with Crippen LogP contribution < -0.4 is 10.1 Å². The minimum Gasteiger partial charge on any atom is -0.496 e. The van der Waals surface area contributed by atoms with Crippen LogP contribution in [-0.4, -0.2) is 57.4 Å². The Morgan fingerprint density at radius 2 is 2.24 bits per heavy atom. The lowest BCUT2D eigenvalue weighted by atomic mass is 10.0. The van der Waals surface area contributed by atoms with Crippen LogP contribution in [0.5, 0.6) is 5.75 Å². The number of nitrogens with one attached hydrogen (secondary N) is 1. The predicted molar refractivity (Wildman–Crippen MR) is 86.0 cm³/mol. The average molecular weight is 292 g/mol. The summed E-state index contributed by atoms with van der Waals surface area (Å²) in [4.78, 5) is 2.41. The van der Waals surface area contributed by atoms with E-state index in [1.165, 1.54) is 5.56 Å². The molecule has 1 heterocycles. The molecule has 1 aromatic carbocycles. The smallest absolute Gasteiger partial charge is 0.122 e. The average Bonchev–Trinajstić information content (AvgIpc) is 2.54. The number of hydrogen-bond acceptors (Lipinski definition) is 4. The van der Waals surface area contributed by atoms with Crippen LogP contribution in [0.25, 0.3) is 0 Å². The fourth-order valence-corrected chi connectivity index (χ4v) is 2.72. The minimum absolute atomic E-state index is 0.361. The molecule has 0 amide bonds. The van der Waals surface area contributed by atoms with Crippen LogP contribution in [0.15, 0.2) is 24.3 Å². The van der Waals surface area contributed by atoms with Gasteiger partial charge in [-0.2, -0.15) is 0 Å². The first-order chi connectivity index (χ1) is 10.2. The summed E-state index contributed by atoms with van der Waals surface area (Å²) in [6.45, 7) is 6.13. The zero-order valence-corrected chi connectivity index (χ0v) is 13.5. The van der Waals surface area contributed by atoms with E-state index in [2.05, 4.69) is 36.3 Å². The second-order valence-corrected chi connectivity index (χ2v) is 5.83. The molecule has 1 aliphatic rings. The Morgan fingerprint density at radius 1 is 1.43 bits per heavy atom. The molecule has 0 spiro atoms. The zero-order chi connectivity index (χ0) is 15.1. The first-order valence-corrected chi connectivity index (χ1v) is 7.85. The van der Waals surface area contributed by atoms with Crippen molar-refractivity contribution in [3.05, 3.63) is 29.8 Å². The van der Waals surface area contributed by atoms with Crippen molar-refractivity contribution < 1.29 is 9.47 Å². The summed E-state index contributed by atoms with van der Waals surface area (Å²) in [5.41, 5.74) is 1.27. The van der Waals surface area contributed by atoms with Crippen LogP contribution in [0.1, 0.15) is 18.9 Å². The minimum atomic E-state index is 0.361. The summed E-state index contributed by atoms with van der Waals surface area (Å²) >= 11 is 0. The van der Waals surface area contributed by atoms with Gasteiger partial charge in [-0.25, -0.2) is 0 Å². The Morgan fingerprint density at radius 3 is 2.95 bits per heavy atom. The van der Waals surface area contributed by atoms with E-state index in [1.54, 1.807) is 7.11 Å². The fraction of sp³-hybridized carbons (Fsp3) is 0.647. The number of benzene rings is 1. The fourth-order valence-electron chi connectivity index (χ4n) is 2.72. The SMILES string of the molecule is COc1ccccc1CC(C)N(C)CCC1CNCCO1. The Balaban J connectivity index is 1.80. The molecule has 1 aliphatic heterocycles. The highest BCUT2D eigenvalue weighted by atomic mass is 16.5. The second-order valence-electron chi connectivity index (χ2n) is 5.83. The normalized spacial score (nSPS) is 20.5. The standard InChI is InChI=1S/C17H28N2O2/c1-14(12-15-6-4-5-7-17(15)20-3)19(2)10-8-16-13-18-9-11-21-16/h4-7,14,16,18H,8-13H2,1-3H3. The second kappa shape index (κ2) is 8.37. The van der Waals surface area contributed by atoms with Gasteiger partial charge in [-0.1, -0.05) is 18.2 Å². The molecule has 0 aromatic heterocycles. The van der Waals surface area contributed by atoms with Gasteiger partial charge in [0.2, 0.25) is 0 Å². The third kappa shape index (κ3) is 4.99. The quantitative estimate of drug-likeness (QED) is 0.833. The number of nitrogens with zero attached hydrogens (tertiary/aromatic N) is 1. The van der Waals surface area contributed by atoms with Crippen molar-refractivity contribution in [2.75, 3.05) is 40.4 Å². The van der Waals surface area contributed by atoms with Gasteiger partial charge in [0.05, 0.1) is 19.8 Å². The number of rotatable bonds is 7. The van der Waals surface area contributed by atoms with E-state index in [1.807, 2.05) is 12.1 Å². The molecule has 4 heteroatoms. The molecule has 1 N–H and O–H groups in total. The van der Waals surface area contributed by atoms with Gasteiger partial charge in [0.15, 0.2) is 0 Å². The molecule has 2 unspecified atom stereocenters. The lowest BCUT2D eigenvalue weighted by molar-refractivity contribution is 0.0169. The number of morpholine rings is 1. The van der Waals surface area contributed by atoms with E-state index in [4.69, 9.17) is 9.47 Å². The summed E-state index contributed by atoms with van der Waals surface area (Å²) in [7, 11) is 3.93. The van der Waals surface area contributed by atoms with Crippen molar-refractivity contribution in [1.82, 2.24) is 10.2 Å². The number of likely N-dealkylation sites (N-methyl/N-ethyl adjacent to an activating group) is 1. The molecule has 4 nitrogen and oxygen atoms in total. The Bertz CT molecular complexity index is 419. The molecule has 0 aliphatic carbocycles. The maximum Gasteiger partial charge on any atom is 0.122 e. The molecule has 118 valence electrons. The maximum atomic E-state index is 5.75. The van der Waals surface area contributed by atoms with Gasteiger partial charge >= 0.3 is 0 Å². The Hall–Kier alpha value is -1.10. The van der Waals surface area contributed by atoms with Crippen LogP contribution >= 0.6 is 0 Å². The van der Waals surface area contributed by atoms with E-state index < -0.39 is 0 Å². The number of hydrogen-bond donors (Lipinski definition) is 1. The van der Waals surface area contributed by atoms with Crippen LogP contribution in [-0.2, 0) is 11.2 Å². The number of ether oxygens (including phenoxy) is 2. The molecule has 0 saturated carbocycles. The van der Waals surface area contributed by atoms with Crippen molar-refractivity contribution in [3.8, 4) is 5.75 Å². The van der Waals surface area contributed by atoms with Crippen molar-refractivity contribution in [2.24, 2.45) is 0 Å². The van der Waals surface area contributed by atoms with Gasteiger partial charge in [0.1, 0.15) is 5.75 Å². The van der Waals surface area contributed by atoms with Crippen molar-refractivity contribution >= 4 is 0 Å². The van der Waals surface area contributed by atoms with Crippen LogP contribution in [0.3, 0.4) is 0 Å². The van der Waals surface area contributed by atoms with Crippen LogP contribution in [0.4, 0.5) is 0 Å². The van der Waals surface area contributed by atoms with Crippen molar-refractivity contribution in [3.63, 3.8) is 0 Å². The number of para-hydroxylation sites is 1. The van der Waals surface area contributed by atoms with Crippen molar-refractivity contribution in [2.45, 2.75) is 31.9 Å². The van der Waals surface area contributed by atoms with Gasteiger partial charge in [0.25, 0.3) is 0 Å². The molecular formula is C17H28N2O2. The monoisotopic (exact) mass is 292 g/mol. The van der Waals surface area contributed by atoms with Crippen LogP contribution in [0.2, 0.25) is 0 Å². The highest BCUT2D eigenvalue weighted by molar-refractivity contribution is 5.33. The molecule has 2 rings (SSSR count). The lowest BCUT2D eigenvalue weighted by Crippen LogP contribution is -2.41. The largest absolute Gasteiger partial charge is 0.496 e. The highest BCUT2D eigenvalue weighted by Crippen LogP contribution is 2.20. The number of methoxy groups -OCH3 is 1. The molecule has 1 saturated heterocycles. The molecule has 1 aromatic rings.